The molecule has 1 aromatic carbocycles. The van der Waals surface area contributed by atoms with Crippen LogP contribution in [0.2, 0.25) is 0 Å². The second-order valence-electron chi connectivity index (χ2n) is 7.23. The van der Waals surface area contributed by atoms with E-state index in [1.165, 1.54) is 0 Å². The molecule has 4 nitrogen and oxygen atoms in total. The molecule has 156 valence electrons. The third kappa shape index (κ3) is 4.50. The number of rotatable bonds is 10. The minimum Gasteiger partial charge on any atom is -0.493 e. The van der Waals surface area contributed by atoms with Crippen molar-refractivity contribution in [3.63, 3.8) is 0 Å². The molecule has 1 aliphatic carbocycles. The minimum absolute atomic E-state index is 0.0427. The predicted octanol–water partition coefficient (Wildman–Crippen LogP) is 5.33. The first kappa shape index (κ1) is 23.0. The summed E-state index contributed by atoms with van der Waals surface area (Å²) in [5.74, 6) is 2.16. The SMILES string of the molecule is C=C(C)C(C)C(O)(C=C(SC)SC)C1CC1c1cc(OC)c(OC)c(OC)c1. The lowest BCUT2D eigenvalue weighted by molar-refractivity contribution is 0.0263. The second kappa shape index (κ2) is 9.51. The lowest BCUT2D eigenvalue weighted by Gasteiger charge is -2.33. The normalized spacial score (nSPS) is 21.3. The number of thioether (sulfide) groups is 2. The zero-order chi connectivity index (χ0) is 21.1. The summed E-state index contributed by atoms with van der Waals surface area (Å²) in [5.41, 5.74) is 1.13. The van der Waals surface area contributed by atoms with E-state index in [1.807, 2.05) is 37.6 Å². The number of ether oxygens (including phenoxy) is 3. The topological polar surface area (TPSA) is 47.9 Å². The van der Waals surface area contributed by atoms with Crippen LogP contribution in [-0.4, -0.2) is 44.5 Å². The van der Waals surface area contributed by atoms with Crippen molar-refractivity contribution in [2.24, 2.45) is 11.8 Å². The molecule has 1 fully saturated rings. The van der Waals surface area contributed by atoms with Gasteiger partial charge in [-0.25, -0.2) is 0 Å². The summed E-state index contributed by atoms with van der Waals surface area (Å²) in [4.78, 5) is 0. The van der Waals surface area contributed by atoms with Crippen LogP contribution in [0.1, 0.15) is 31.7 Å². The van der Waals surface area contributed by atoms with Crippen LogP contribution in [0.5, 0.6) is 17.2 Å². The maximum atomic E-state index is 11.8. The molecule has 0 radical (unpaired) electrons. The van der Waals surface area contributed by atoms with Crippen LogP contribution in [0, 0.1) is 11.8 Å². The van der Waals surface area contributed by atoms with Crippen LogP contribution in [0.4, 0.5) is 0 Å². The Morgan fingerprint density at radius 1 is 1.18 bits per heavy atom. The van der Waals surface area contributed by atoms with E-state index in [1.54, 1.807) is 44.9 Å². The summed E-state index contributed by atoms with van der Waals surface area (Å²) in [7, 11) is 4.85. The third-order valence-electron chi connectivity index (χ3n) is 5.68. The lowest BCUT2D eigenvalue weighted by atomic mass is 9.79. The van der Waals surface area contributed by atoms with Crippen LogP contribution in [0.15, 0.2) is 34.6 Å². The summed E-state index contributed by atoms with van der Waals surface area (Å²) >= 11 is 3.33. The van der Waals surface area contributed by atoms with Crippen molar-refractivity contribution in [2.75, 3.05) is 33.8 Å². The van der Waals surface area contributed by atoms with Gasteiger partial charge in [-0.1, -0.05) is 19.1 Å². The molecule has 0 heterocycles. The highest BCUT2D eigenvalue weighted by Crippen LogP contribution is 2.59. The van der Waals surface area contributed by atoms with E-state index in [2.05, 4.69) is 13.5 Å². The molecule has 0 aromatic heterocycles. The highest BCUT2D eigenvalue weighted by molar-refractivity contribution is 8.21. The van der Waals surface area contributed by atoms with Gasteiger partial charge >= 0.3 is 0 Å². The van der Waals surface area contributed by atoms with E-state index in [0.29, 0.717) is 17.2 Å². The Hall–Kier alpha value is -1.24. The quantitative estimate of drug-likeness (QED) is 0.513. The Morgan fingerprint density at radius 2 is 1.71 bits per heavy atom. The average molecular weight is 425 g/mol. The van der Waals surface area contributed by atoms with E-state index in [4.69, 9.17) is 14.2 Å². The smallest absolute Gasteiger partial charge is 0.203 e. The molecular formula is C22H32O4S2. The standard InChI is InChI=1S/C22H32O4S2/c1-13(2)14(3)22(23,12-20(27-7)28-8)17-11-16(17)15-9-18(24-4)21(26-6)19(10-15)25-5/h9-10,12,14,16-17,23H,1,11H2,2-8H3. The van der Waals surface area contributed by atoms with E-state index < -0.39 is 5.60 Å². The Bertz CT molecular complexity index is 715. The molecule has 0 bridgehead atoms. The molecule has 1 N–H and O–H groups in total. The van der Waals surface area contributed by atoms with Gasteiger partial charge in [0.15, 0.2) is 11.5 Å². The van der Waals surface area contributed by atoms with Crippen LogP contribution in [0.25, 0.3) is 0 Å². The third-order valence-corrected chi connectivity index (χ3v) is 7.72. The molecule has 1 aliphatic rings. The molecule has 0 aliphatic heterocycles. The first-order valence-corrected chi connectivity index (χ1v) is 11.7. The zero-order valence-electron chi connectivity index (χ0n) is 17.9. The summed E-state index contributed by atoms with van der Waals surface area (Å²) in [6.07, 6.45) is 7.01. The predicted molar refractivity (Wildman–Crippen MR) is 121 cm³/mol. The Morgan fingerprint density at radius 3 is 2.11 bits per heavy atom. The fraction of sp³-hybridized carbons (Fsp3) is 0.545. The highest BCUT2D eigenvalue weighted by atomic mass is 32.2. The molecule has 1 aromatic rings. The monoisotopic (exact) mass is 424 g/mol. The molecule has 6 heteroatoms. The van der Waals surface area contributed by atoms with Gasteiger partial charge in [0.25, 0.3) is 0 Å². The summed E-state index contributed by atoms with van der Waals surface area (Å²) < 4.78 is 17.6. The van der Waals surface area contributed by atoms with Crippen molar-refractivity contribution in [3.05, 3.63) is 40.2 Å². The van der Waals surface area contributed by atoms with Crippen molar-refractivity contribution in [3.8, 4) is 17.2 Å². The molecular weight excluding hydrogens is 392 g/mol. The minimum atomic E-state index is -0.946. The number of benzene rings is 1. The van der Waals surface area contributed by atoms with E-state index >= 15 is 0 Å². The van der Waals surface area contributed by atoms with Crippen molar-refractivity contribution >= 4 is 23.5 Å². The Labute approximate surface area is 177 Å². The van der Waals surface area contributed by atoms with Gasteiger partial charge in [-0.15, -0.1) is 23.5 Å². The van der Waals surface area contributed by atoms with Crippen LogP contribution in [-0.2, 0) is 0 Å². The van der Waals surface area contributed by atoms with Gasteiger partial charge in [0, 0.05) is 10.2 Å². The molecule has 0 saturated heterocycles. The Kier molecular flexibility index (Phi) is 7.82. The van der Waals surface area contributed by atoms with Gasteiger partial charge < -0.3 is 19.3 Å². The summed E-state index contributed by atoms with van der Waals surface area (Å²) in [6, 6.07) is 3.98. The van der Waals surface area contributed by atoms with Gasteiger partial charge in [0.1, 0.15) is 0 Å². The first-order chi connectivity index (χ1) is 13.3. The summed E-state index contributed by atoms with van der Waals surface area (Å²) in [5, 5.41) is 11.8. The number of hydrogen-bond acceptors (Lipinski definition) is 6. The van der Waals surface area contributed by atoms with Crippen molar-refractivity contribution in [1.82, 2.24) is 0 Å². The number of methoxy groups -OCH3 is 3. The van der Waals surface area contributed by atoms with Crippen LogP contribution in [0.3, 0.4) is 0 Å². The van der Waals surface area contributed by atoms with E-state index in [-0.39, 0.29) is 17.8 Å². The largest absolute Gasteiger partial charge is 0.493 e. The fourth-order valence-corrected chi connectivity index (χ4v) is 5.01. The van der Waals surface area contributed by atoms with Gasteiger partial charge in [0.05, 0.1) is 26.9 Å². The Balaban J connectivity index is 2.44. The van der Waals surface area contributed by atoms with E-state index in [9.17, 15) is 5.11 Å². The second-order valence-corrected chi connectivity index (χ2v) is 9.19. The highest BCUT2D eigenvalue weighted by Gasteiger charge is 2.54. The van der Waals surface area contributed by atoms with Gasteiger partial charge in [-0.2, -0.15) is 0 Å². The molecule has 0 amide bonds. The molecule has 4 atom stereocenters. The number of aliphatic hydroxyl groups is 1. The maximum Gasteiger partial charge on any atom is 0.203 e. The lowest BCUT2D eigenvalue weighted by Crippen LogP contribution is -2.38. The maximum absolute atomic E-state index is 11.8. The van der Waals surface area contributed by atoms with E-state index in [0.717, 1.165) is 21.8 Å². The van der Waals surface area contributed by atoms with Gasteiger partial charge in [0.2, 0.25) is 5.75 Å². The first-order valence-electron chi connectivity index (χ1n) is 9.25. The van der Waals surface area contributed by atoms with Crippen molar-refractivity contribution in [2.45, 2.75) is 31.8 Å². The number of hydrogen-bond donors (Lipinski definition) is 1. The van der Waals surface area contributed by atoms with Gasteiger partial charge in [-0.05, 0) is 61.5 Å². The van der Waals surface area contributed by atoms with Crippen molar-refractivity contribution < 1.29 is 19.3 Å². The molecule has 0 spiro atoms. The fourth-order valence-electron chi connectivity index (χ4n) is 3.73. The molecule has 1 saturated carbocycles. The van der Waals surface area contributed by atoms with Crippen molar-refractivity contribution in [1.29, 1.82) is 0 Å². The molecule has 2 rings (SSSR count). The average Bonchev–Trinajstić information content (AvgIpc) is 3.51. The van der Waals surface area contributed by atoms with Crippen LogP contribution >= 0.6 is 23.5 Å². The summed E-state index contributed by atoms with van der Waals surface area (Å²) in [6.45, 7) is 8.15. The zero-order valence-corrected chi connectivity index (χ0v) is 19.5. The molecule has 4 unspecified atom stereocenters. The molecule has 28 heavy (non-hydrogen) atoms. The van der Waals surface area contributed by atoms with Gasteiger partial charge in [-0.3, -0.25) is 0 Å². The van der Waals surface area contributed by atoms with Crippen LogP contribution < -0.4 is 14.2 Å².